The van der Waals surface area contributed by atoms with Gasteiger partial charge in [0.15, 0.2) is 6.10 Å². The molecule has 0 saturated carbocycles. The fraction of sp³-hybridized carbons (Fsp3) is 0.515. The van der Waals surface area contributed by atoms with Crippen LogP contribution < -0.4 is 0 Å². The minimum absolute atomic E-state index is 0.130. The molecule has 0 amide bonds. The second-order valence-corrected chi connectivity index (χ2v) is 10.0. The van der Waals surface area contributed by atoms with Crippen molar-refractivity contribution in [3.05, 3.63) is 0 Å². The molecule has 0 unspecified atom stereocenters. The van der Waals surface area contributed by atoms with Gasteiger partial charge in [-0.05, 0) is 77.5 Å². The summed E-state index contributed by atoms with van der Waals surface area (Å²) >= 11 is 0. The number of phosphoric acid groups is 1. The van der Waals surface area contributed by atoms with Crippen LogP contribution in [0.2, 0.25) is 0 Å². The Balaban J connectivity index is 4.45. The van der Waals surface area contributed by atoms with Gasteiger partial charge in [0, 0.05) is 12.3 Å². The number of hydrogen-bond donors (Lipinski definition) is 2. The van der Waals surface area contributed by atoms with Crippen molar-refractivity contribution in [1.82, 2.24) is 0 Å². The lowest BCUT2D eigenvalue weighted by atomic mass is 10.0. The van der Waals surface area contributed by atoms with Crippen LogP contribution in [0.4, 0.5) is 0 Å². The van der Waals surface area contributed by atoms with E-state index in [2.05, 4.69) is 88.4 Å². The van der Waals surface area contributed by atoms with Crippen molar-refractivity contribution in [3.8, 4) is 83.4 Å². The Hall–Kier alpha value is -4.03. The normalized spacial score (nSPS) is 9.86. The van der Waals surface area contributed by atoms with Gasteiger partial charge in [-0.15, -0.1) is 6.42 Å². The van der Waals surface area contributed by atoms with Gasteiger partial charge in [-0.1, -0.05) is 77.6 Å². The van der Waals surface area contributed by atoms with Crippen LogP contribution in [0, 0.1) is 83.4 Å². The van der Waals surface area contributed by atoms with Crippen LogP contribution in [0.1, 0.15) is 90.4 Å². The summed E-state index contributed by atoms with van der Waals surface area (Å²) in [6.45, 7) is 1.05. The van der Waals surface area contributed by atoms with E-state index < -0.39 is 39.1 Å². The highest BCUT2D eigenvalue weighted by Gasteiger charge is 2.22. The first-order valence-corrected chi connectivity index (χ1v) is 15.3. The van der Waals surface area contributed by atoms with Gasteiger partial charge in [-0.25, -0.2) is 9.36 Å². The average Bonchev–Trinajstić information content (AvgIpc) is 2.95. The third-order valence-electron chi connectivity index (χ3n) is 5.22. The fourth-order valence-corrected chi connectivity index (χ4v) is 3.62. The van der Waals surface area contributed by atoms with Crippen molar-refractivity contribution in [2.24, 2.45) is 0 Å². The van der Waals surface area contributed by atoms with Crippen molar-refractivity contribution < 1.29 is 37.9 Å². The van der Waals surface area contributed by atoms with Crippen molar-refractivity contribution in [2.75, 3.05) is 13.2 Å². The second kappa shape index (κ2) is 27.2. The molecule has 2 N–H and O–H groups in total. The van der Waals surface area contributed by atoms with Crippen LogP contribution >= 0.6 is 7.82 Å². The van der Waals surface area contributed by atoms with Gasteiger partial charge in [0.2, 0.25) is 0 Å². The Bertz CT molecular complexity index is 1300. The molecule has 1 atom stereocenters. The molecule has 0 spiro atoms. The number of rotatable bonds is 19. The monoisotopic (exact) mass is 592 g/mol. The van der Waals surface area contributed by atoms with Crippen LogP contribution in [-0.4, -0.2) is 41.0 Å². The van der Waals surface area contributed by atoms with E-state index in [0.717, 1.165) is 19.3 Å². The Kier molecular flexibility index (Phi) is 24.5. The number of hydrogen-bond acceptors (Lipinski definition) is 6. The van der Waals surface area contributed by atoms with Crippen molar-refractivity contribution in [1.29, 1.82) is 0 Å². The lowest BCUT2D eigenvalue weighted by Gasteiger charge is -2.17. The van der Waals surface area contributed by atoms with Gasteiger partial charge in [0.1, 0.15) is 6.61 Å². The summed E-state index contributed by atoms with van der Waals surface area (Å²) in [6, 6.07) is 0. The summed E-state index contributed by atoms with van der Waals surface area (Å²) in [4.78, 5) is 41.9. The van der Waals surface area contributed by atoms with Gasteiger partial charge >= 0.3 is 19.8 Å². The van der Waals surface area contributed by atoms with Crippen LogP contribution in [0.25, 0.3) is 0 Å². The molecular formula is C33H37O8P. The molecule has 0 saturated heterocycles. The minimum Gasteiger partial charge on any atom is -0.456 e. The molecular weight excluding hydrogens is 555 g/mol. The molecule has 0 heterocycles. The van der Waals surface area contributed by atoms with E-state index in [1.807, 2.05) is 0 Å². The standard InChI is InChI=1S/C33H37O8P/c1-3-5-7-9-11-13-15-17-19-21-23-25-27-32(34)39-29-31(30-40-42(36,37)38)41-33(35)28-26-24-22-20-18-16-14-12-10-8-6-4-2/h1,31H,4,6,8,10,12,14,16,18,20,22,24,26,28-30H2,2H3,(H2,36,37,38)/t31-/m1/s1. The highest BCUT2D eigenvalue weighted by atomic mass is 31.2. The molecule has 0 bridgehead atoms. The zero-order chi connectivity index (χ0) is 31.2. The van der Waals surface area contributed by atoms with E-state index in [4.69, 9.17) is 25.7 Å². The number of unbranched alkanes of at least 4 members (excludes halogenated alkanes) is 11. The molecule has 0 aliphatic heterocycles. The summed E-state index contributed by atoms with van der Waals surface area (Å²) in [6.07, 6.45) is 17.7. The zero-order valence-electron chi connectivity index (χ0n) is 24.1. The van der Waals surface area contributed by atoms with Gasteiger partial charge in [-0.3, -0.25) is 9.32 Å². The topological polar surface area (TPSA) is 119 Å². The maximum absolute atomic E-state index is 12.2. The molecule has 0 aliphatic rings. The Morgan fingerprint density at radius 1 is 0.690 bits per heavy atom. The third kappa shape index (κ3) is 29.0. The number of phosphoric ester groups is 1. The molecule has 8 nitrogen and oxygen atoms in total. The highest BCUT2D eigenvalue weighted by molar-refractivity contribution is 7.46. The maximum atomic E-state index is 12.2. The van der Waals surface area contributed by atoms with E-state index >= 15 is 0 Å². The number of carbonyl (C=O) groups is 2. The van der Waals surface area contributed by atoms with E-state index in [0.29, 0.717) is 6.42 Å². The Labute approximate surface area is 250 Å². The van der Waals surface area contributed by atoms with E-state index in [1.165, 1.54) is 51.4 Å². The predicted molar refractivity (Wildman–Crippen MR) is 160 cm³/mol. The number of esters is 2. The summed E-state index contributed by atoms with van der Waals surface area (Å²) in [7, 11) is -4.82. The van der Waals surface area contributed by atoms with Gasteiger partial charge in [0.05, 0.1) is 6.61 Å². The summed E-state index contributed by atoms with van der Waals surface area (Å²) < 4.78 is 25.6. The summed E-state index contributed by atoms with van der Waals surface area (Å²) in [5, 5.41) is 0. The van der Waals surface area contributed by atoms with Gasteiger partial charge in [-0.2, -0.15) is 0 Å². The third-order valence-corrected chi connectivity index (χ3v) is 5.71. The molecule has 0 radical (unpaired) electrons. The molecule has 0 rings (SSSR count). The van der Waals surface area contributed by atoms with Gasteiger partial charge in [0.25, 0.3) is 0 Å². The van der Waals surface area contributed by atoms with Crippen LogP contribution in [0.15, 0.2) is 0 Å². The second-order valence-electron chi connectivity index (χ2n) is 8.78. The molecule has 0 aromatic heterocycles. The van der Waals surface area contributed by atoms with Crippen molar-refractivity contribution >= 4 is 19.8 Å². The summed E-state index contributed by atoms with van der Waals surface area (Å²) in [5.74, 6) is 28.6. The van der Waals surface area contributed by atoms with Crippen molar-refractivity contribution in [2.45, 2.75) is 96.5 Å². The molecule has 0 aromatic carbocycles. The first-order chi connectivity index (χ1) is 20.3. The first-order valence-electron chi connectivity index (χ1n) is 13.8. The largest absolute Gasteiger partial charge is 0.469 e. The first kappa shape index (κ1) is 38.0. The number of ether oxygens (including phenoxy) is 2. The SMILES string of the molecule is C#CC#CC#CC#CC#CC#CC#CC(=O)OC[C@H](COP(=O)(O)O)OC(=O)CCCCCCCCCCCCCC. The molecule has 0 aliphatic carbocycles. The Morgan fingerprint density at radius 3 is 1.62 bits per heavy atom. The van der Waals surface area contributed by atoms with E-state index in [1.54, 1.807) is 0 Å². The van der Waals surface area contributed by atoms with E-state index in [-0.39, 0.29) is 6.42 Å². The lowest BCUT2D eigenvalue weighted by Crippen LogP contribution is -2.29. The quantitative estimate of drug-likeness (QED) is 0.0750. The predicted octanol–water partition coefficient (Wildman–Crippen LogP) is 4.30. The molecule has 0 aromatic rings. The average molecular weight is 593 g/mol. The van der Waals surface area contributed by atoms with Crippen LogP contribution in [-0.2, 0) is 28.2 Å². The zero-order valence-corrected chi connectivity index (χ0v) is 24.9. The molecule has 42 heavy (non-hydrogen) atoms. The fourth-order valence-electron chi connectivity index (χ4n) is 3.26. The number of terminal acetylenes is 1. The van der Waals surface area contributed by atoms with Crippen LogP contribution in [0.5, 0.6) is 0 Å². The molecule has 9 heteroatoms. The molecule has 0 fully saturated rings. The van der Waals surface area contributed by atoms with Gasteiger partial charge < -0.3 is 19.3 Å². The smallest absolute Gasteiger partial charge is 0.456 e. The number of carbonyl (C=O) groups excluding carboxylic acids is 2. The Morgan fingerprint density at radius 2 is 1.14 bits per heavy atom. The molecule has 222 valence electrons. The highest BCUT2D eigenvalue weighted by Crippen LogP contribution is 2.35. The summed E-state index contributed by atoms with van der Waals surface area (Å²) in [5.41, 5.74) is 0. The van der Waals surface area contributed by atoms with Crippen molar-refractivity contribution in [3.63, 3.8) is 0 Å². The minimum atomic E-state index is -4.82. The van der Waals surface area contributed by atoms with Crippen LogP contribution in [0.3, 0.4) is 0 Å². The lowest BCUT2D eigenvalue weighted by molar-refractivity contribution is -0.158. The maximum Gasteiger partial charge on any atom is 0.469 e. The van der Waals surface area contributed by atoms with E-state index in [9.17, 15) is 14.2 Å².